The lowest BCUT2D eigenvalue weighted by molar-refractivity contribution is -0.122. The van der Waals surface area contributed by atoms with Gasteiger partial charge in [0.2, 0.25) is 11.7 Å². The lowest BCUT2D eigenvalue weighted by Crippen LogP contribution is -2.30. The van der Waals surface area contributed by atoms with Crippen molar-refractivity contribution in [3.05, 3.63) is 53.6 Å². The van der Waals surface area contributed by atoms with Crippen molar-refractivity contribution in [3.63, 3.8) is 0 Å². The highest BCUT2D eigenvalue weighted by molar-refractivity contribution is 5.75. The summed E-state index contributed by atoms with van der Waals surface area (Å²) in [6.07, 6.45) is 0.678. The number of carbonyl (C=O) groups excluding carboxylic acids is 1. The minimum atomic E-state index is -0.168. The average Bonchev–Trinajstić information content (AvgIpc) is 3.19. The Morgan fingerprint density at radius 1 is 1.03 bits per heavy atom. The zero-order valence-corrected chi connectivity index (χ0v) is 17.6. The molecular formula is C22H27N5O3. The number of hydrogen-bond acceptors (Lipinski definition) is 6. The Kier molecular flexibility index (Phi) is 7.37. The largest absolute Gasteiger partial charge is 0.490 e. The van der Waals surface area contributed by atoms with Crippen molar-refractivity contribution in [1.82, 2.24) is 25.5 Å². The van der Waals surface area contributed by atoms with Gasteiger partial charge in [0.25, 0.3) is 0 Å². The Morgan fingerprint density at radius 2 is 1.77 bits per heavy atom. The van der Waals surface area contributed by atoms with E-state index in [1.54, 1.807) is 0 Å². The monoisotopic (exact) mass is 409 g/mol. The zero-order valence-electron chi connectivity index (χ0n) is 17.6. The minimum absolute atomic E-state index is 0.0202. The van der Waals surface area contributed by atoms with Gasteiger partial charge in [0.05, 0.1) is 13.2 Å². The molecule has 0 saturated carbocycles. The van der Waals surface area contributed by atoms with Crippen LogP contribution in [0.4, 0.5) is 0 Å². The number of ether oxygens (including phenoxy) is 2. The molecular weight excluding hydrogens is 382 g/mol. The van der Waals surface area contributed by atoms with Crippen LogP contribution < -0.4 is 14.8 Å². The van der Waals surface area contributed by atoms with Crippen molar-refractivity contribution in [2.24, 2.45) is 0 Å². The van der Waals surface area contributed by atoms with Crippen LogP contribution in [0.3, 0.4) is 0 Å². The average molecular weight is 409 g/mol. The first kappa shape index (κ1) is 21.3. The molecule has 8 heteroatoms. The third-order valence-corrected chi connectivity index (χ3v) is 4.39. The zero-order chi connectivity index (χ0) is 21.3. The van der Waals surface area contributed by atoms with Gasteiger partial charge in [-0.1, -0.05) is 35.9 Å². The van der Waals surface area contributed by atoms with E-state index in [0.29, 0.717) is 32.0 Å². The van der Waals surface area contributed by atoms with Crippen molar-refractivity contribution in [1.29, 1.82) is 0 Å². The van der Waals surface area contributed by atoms with Gasteiger partial charge < -0.3 is 14.8 Å². The summed E-state index contributed by atoms with van der Waals surface area (Å²) in [5.41, 5.74) is 3.09. The molecule has 158 valence electrons. The molecule has 0 atom stereocenters. The number of aromatic nitrogens is 4. The molecule has 0 aliphatic heterocycles. The van der Waals surface area contributed by atoms with Crippen molar-refractivity contribution >= 4 is 5.91 Å². The topological polar surface area (TPSA) is 91.2 Å². The van der Waals surface area contributed by atoms with E-state index in [9.17, 15) is 4.79 Å². The van der Waals surface area contributed by atoms with Crippen LogP contribution in [0.15, 0.2) is 42.5 Å². The molecule has 3 rings (SSSR count). The SMILES string of the molecule is CCOc1ccc(CCNC(=O)Cn2nnc(-c3ccc(C)cc3)n2)cc1OCC. The second kappa shape index (κ2) is 10.4. The van der Waals surface area contributed by atoms with E-state index < -0.39 is 0 Å². The standard InChI is InChI=1S/C22H27N5O3/c1-4-29-19-11-8-17(14-20(19)30-5-2)12-13-23-21(28)15-27-25-22(24-26-27)18-9-6-16(3)7-10-18/h6-11,14H,4-5,12-13,15H2,1-3H3,(H,23,28). The Labute approximate surface area is 176 Å². The highest BCUT2D eigenvalue weighted by Gasteiger charge is 2.10. The fourth-order valence-corrected chi connectivity index (χ4v) is 2.91. The number of nitrogens with one attached hydrogen (secondary N) is 1. The number of carbonyl (C=O) groups is 1. The molecule has 1 N–H and O–H groups in total. The summed E-state index contributed by atoms with van der Waals surface area (Å²) in [6, 6.07) is 13.7. The summed E-state index contributed by atoms with van der Waals surface area (Å²) in [5.74, 6) is 1.78. The molecule has 1 aromatic heterocycles. The van der Waals surface area contributed by atoms with Crippen LogP contribution in [-0.4, -0.2) is 45.9 Å². The Balaban J connectivity index is 1.50. The molecule has 30 heavy (non-hydrogen) atoms. The molecule has 0 unspecified atom stereocenters. The van der Waals surface area contributed by atoms with E-state index >= 15 is 0 Å². The smallest absolute Gasteiger partial charge is 0.243 e. The quantitative estimate of drug-likeness (QED) is 0.554. The van der Waals surface area contributed by atoms with Crippen molar-refractivity contribution in [2.45, 2.75) is 33.7 Å². The van der Waals surface area contributed by atoms with Gasteiger partial charge in [-0.05, 0) is 50.1 Å². The number of rotatable bonds is 10. The first-order chi connectivity index (χ1) is 14.6. The normalized spacial score (nSPS) is 10.6. The number of benzene rings is 2. The molecule has 3 aromatic rings. The Hall–Kier alpha value is -3.42. The lowest BCUT2D eigenvalue weighted by Gasteiger charge is -2.12. The molecule has 0 radical (unpaired) electrons. The second-order valence-electron chi connectivity index (χ2n) is 6.76. The van der Waals surface area contributed by atoms with Gasteiger partial charge in [0.15, 0.2) is 11.5 Å². The predicted octanol–water partition coefficient (Wildman–Crippen LogP) is 2.80. The van der Waals surface area contributed by atoms with Crippen LogP contribution >= 0.6 is 0 Å². The van der Waals surface area contributed by atoms with E-state index in [1.807, 2.05) is 63.2 Å². The lowest BCUT2D eigenvalue weighted by atomic mass is 10.1. The summed E-state index contributed by atoms with van der Waals surface area (Å²) in [7, 11) is 0. The van der Waals surface area contributed by atoms with Crippen molar-refractivity contribution in [3.8, 4) is 22.9 Å². The van der Waals surface area contributed by atoms with Crippen LogP contribution in [0.5, 0.6) is 11.5 Å². The summed E-state index contributed by atoms with van der Waals surface area (Å²) in [6.45, 7) is 7.55. The number of hydrogen-bond donors (Lipinski definition) is 1. The highest BCUT2D eigenvalue weighted by atomic mass is 16.5. The van der Waals surface area contributed by atoms with Crippen molar-refractivity contribution < 1.29 is 14.3 Å². The fraction of sp³-hybridized carbons (Fsp3) is 0.364. The minimum Gasteiger partial charge on any atom is -0.490 e. The van der Waals surface area contributed by atoms with Gasteiger partial charge in [0, 0.05) is 12.1 Å². The second-order valence-corrected chi connectivity index (χ2v) is 6.76. The van der Waals surface area contributed by atoms with E-state index in [0.717, 1.165) is 28.2 Å². The van der Waals surface area contributed by atoms with E-state index in [4.69, 9.17) is 9.47 Å². The van der Waals surface area contributed by atoms with Gasteiger partial charge >= 0.3 is 0 Å². The number of aryl methyl sites for hydroxylation is 1. The van der Waals surface area contributed by atoms with Crippen LogP contribution in [0.25, 0.3) is 11.4 Å². The Morgan fingerprint density at radius 3 is 2.50 bits per heavy atom. The maximum atomic E-state index is 12.2. The van der Waals surface area contributed by atoms with Crippen LogP contribution in [0.1, 0.15) is 25.0 Å². The number of nitrogens with zero attached hydrogens (tertiary/aromatic N) is 4. The third kappa shape index (κ3) is 5.79. The molecule has 0 spiro atoms. The van der Waals surface area contributed by atoms with E-state index in [1.165, 1.54) is 4.80 Å². The van der Waals surface area contributed by atoms with E-state index in [2.05, 4.69) is 20.7 Å². The van der Waals surface area contributed by atoms with E-state index in [-0.39, 0.29) is 12.5 Å². The molecule has 0 fully saturated rings. The van der Waals surface area contributed by atoms with Gasteiger partial charge in [-0.15, -0.1) is 10.2 Å². The number of tetrazole rings is 1. The molecule has 0 saturated heterocycles. The Bertz CT molecular complexity index is 969. The van der Waals surface area contributed by atoms with Crippen LogP contribution in [-0.2, 0) is 17.8 Å². The molecule has 1 amide bonds. The molecule has 2 aromatic carbocycles. The van der Waals surface area contributed by atoms with Gasteiger partial charge in [-0.2, -0.15) is 4.80 Å². The number of amides is 1. The summed E-state index contributed by atoms with van der Waals surface area (Å²) in [4.78, 5) is 13.5. The third-order valence-electron chi connectivity index (χ3n) is 4.39. The van der Waals surface area contributed by atoms with Gasteiger partial charge in [-0.3, -0.25) is 4.79 Å². The van der Waals surface area contributed by atoms with Crippen LogP contribution in [0.2, 0.25) is 0 Å². The summed E-state index contributed by atoms with van der Waals surface area (Å²) >= 11 is 0. The maximum absolute atomic E-state index is 12.2. The van der Waals surface area contributed by atoms with Crippen LogP contribution in [0, 0.1) is 6.92 Å². The predicted molar refractivity (Wildman–Crippen MR) is 113 cm³/mol. The first-order valence-corrected chi connectivity index (χ1v) is 10.1. The first-order valence-electron chi connectivity index (χ1n) is 10.1. The van der Waals surface area contributed by atoms with Gasteiger partial charge in [0.1, 0.15) is 6.54 Å². The maximum Gasteiger partial charge on any atom is 0.243 e. The highest BCUT2D eigenvalue weighted by Crippen LogP contribution is 2.28. The molecule has 8 nitrogen and oxygen atoms in total. The molecule has 1 heterocycles. The fourth-order valence-electron chi connectivity index (χ4n) is 2.91. The van der Waals surface area contributed by atoms with Gasteiger partial charge in [-0.25, -0.2) is 0 Å². The molecule has 0 aliphatic carbocycles. The molecule has 0 bridgehead atoms. The molecule has 0 aliphatic rings. The summed E-state index contributed by atoms with van der Waals surface area (Å²) in [5, 5.41) is 15.2. The van der Waals surface area contributed by atoms with Crippen molar-refractivity contribution in [2.75, 3.05) is 19.8 Å². The summed E-state index contributed by atoms with van der Waals surface area (Å²) < 4.78 is 11.2.